The summed E-state index contributed by atoms with van der Waals surface area (Å²) >= 11 is 3.20. The van der Waals surface area contributed by atoms with Gasteiger partial charge in [-0.3, -0.25) is 4.68 Å². The Bertz CT molecular complexity index is 593. The second kappa shape index (κ2) is 5.74. The van der Waals surface area contributed by atoms with E-state index in [1.54, 1.807) is 6.07 Å². The molecule has 0 saturated heterocycles. The third-order valence-corrected chi connectivity index (χ3v) is 3.72. The van der Waals surface area contributed by atoms with Gasteiger partial charge in [0.05, 0.1) is 22.4 Å². The number of nitrogens with zero attached hydrogens (tertiary/aromatic N) is 2. The molecule has 0 saturated carbocycles. The maximum absolute atomic E-state index is 13.3. The van der Waals surface area contributed by atoms with Gasteiger partial charge in [-0.25, -0.2) is 4.39 Å². The van der Waals surface area contributed by atoms with Crippen molar-refractivity contribution in [3.05, 3.63) is 45.4 Å². The number of hydrogen-bond acceptors (Lipinski definition) is 2. The molecular formula is C14H17BrFN3. The fourth-order valence-corrected chi connectivity index (χ4v) is 2.28. The molecule has 0 aliphatic carbocycles. The molecule has 1 aromatic carbocycles. The molecule has 0 spiro atoms. The first-order valence-electron chi connectivity index (χ1n) is 6.22. The van der Waals surface area contributed by atoms with Crippen LogP contribution in [0.2, 0.25) is 0 Å². The summed E-state index contributed by atoms with van der Waals surface area (Å²) in [5, 5.41) is 7.72. The van der Waals surface area contributed by atoms with Crippen LogP contribution < -0.4 is 5.32 Å². The van der Waals surface area contributed by atoms with Gasteiger partial charge in [0.1, 0.15) is 5.82 Å². The molecule has 1 aromatic heterocycles. The van der Waals surface area contributed by atoms with Crippen molar-refractivity contribution < 1.29 is 4.39 Å². The van der Waals surface area contributed by atoms with E-state index in [2.05, 4.69) is 39.3 Å². The highest BCUT2D eigenvalue weighted by Crippen LogP contribution is 2.24. The number of benzene rings is 1. The van der Waals surface area contributed by atoms with Crippen molar-refractivity contribution in [3.8, 4) is 0 Å². The van der Waals surface area contributed by atoms with E-state index in [-0.39, 0.29) is 5.82 Å². The van der Waals surface area contributed by atoms with Gasteiger partial charge in [-0.15, -0.1) is 0 Å². The van der Waals surface area contributed by atoms with Crippen LogP contribution in [0.1, 0.15) is 23.9 Å². The number of halogens is 2. The Kier molecular flexibility index (Phi) is 4.24. The molecule has 0 amide bonds. The lowest BCUT2D eigenvalue weighted by atomic mass is 10.2. The second-order valence-electron chi connectivity index (χ2n) is 4.54. The van der Waals surface area contributed by atoms with Crippen molar-refractivity contribution in [2.24, 2.45) is 7.05 Å². The molecule has 0 aliphatic rings. The minimum absolute atomic E-state index is 0.239. The van der Waals surface area contributed by atoms with Gasteiger partial charge in [0.2, 0.25) is 0 Å². The maximum Gasteiger partial charge on any atom is 0.137 e. The first-order valence-corrected chi connectivity index (χ1v) is 7.02. The van der Waals surface area contributed by atoms with Gasteiger partial charge in [-0.05, 0) is 53.0 Å². The molecular weight excluding hydrogens is 309 g/mol. The van der Waals surface area contributed by atoms with Crippen molar-refractivity contribution in [2.45, 2.75) is 26.8 Å². The monoisotopic (exact) mass is 325 g/mol. The predicted molar refractivity (Wildman–Crippen MR) is 78.7 cm³/mol. The van der Waals surface area contributed by atoms with E-state index < -0.39 is 0 Å². The summed E-state index contributed by atoms with van der Waals surface area (Å²) in [6, 6.07) is 5.37. The lowest BCUT2D eigenvalue weighted by Gasteiger charge is -2.10. The Morgan fingerprint density at radius 1 is 1.37 bits per heavy atom. The molecule has 0 unspecified atom stereocenters. The van der Waals surface area contributed by atoms with Crippen molar-refractivity contribution in [2.75, 3.05) is 5.32 Å². The first kappa shape index (κ1) is 14.1. The number of rotatable bonds is 4. The summed E-state index contributed by atoms with van der Waals surface area (Å²) in [4.78, 5) is 0. The average Bonchev–Trinajstić information content (AvgIpc) is 2.73. The zero-order valence-corrected chi connectivity index (χ0v) is 12.9. The zero-order valence-electron chi connectivity index (χ0n) is 11.3. The zero-order chi connectivity index (χ0) is 14.0. The molecule has 0 atom stereocenters. The van der Waals surface area contributed by atoms with Crippen LogP contribution in [-0.2, 0) is 20.0 Å². The molecule has 0 fully saturated rings. The Labute approximate surface area is 121 Å². The third kappa shape index (κ3) is 3.15. The SMILES string of the molecule is CCc1cc(CNc2cc(Br)c(F)cc2C)n(C)n1. The van der Waals surface area contributed by atoms with Crippen LogP contribution in [0.25, 0.3) is 0 Å². The average molecular weight is 326 g/mol. The Morgan fingerprint density at radius 2 is 2.11 bits per heavy atom. The van der Waals surface area contributed by atoms with Crippen LogP contribution in [0.5, 0.6) is 0 Å². The molecule has 2 aromatic rings. The van der Waals surface area contributed by atoms with Crippen molar-refractivity contribution in [1.82, 2.24) is 9.78 Å². The molecule has 0 aliphatic heterocycles. The number of anilines is 1. The van der Waals surface area contributed by atoms with E-state index in [0.717, 1.165) is 29.1 Å². The summed E-state index contributed by atoms with van der Waals surface area (Å²) < 4.78 is 15.7. The quantitative estimate of drug-likeness (QED) is 0.926. The van der Waals surface area contributed by atoms with Crippen LogP contribution in [0, 0.1) is 12.7 Å². The van der Waals surface area contributed by atoms with Gasteiger partial charge in [-0.1, -0.05) is 6.92 Å². The van der Waals surface area contributed by atoms with Crippen LogP contribution in [0.3, 0.4) is 0 Å². The van der Waals surface area contributed by atoms with Crippen molar-refractivity contribution in [3.63, 3.8) is 0 Å². The predicted octanol–water partition coefficient (Wildman–Crippen LogP) is 3.80. The lowest BCUT2D eigenvalue weighted by molar-refractivity contribution is 0.620. The molecule has 3 nitrogen and oxygen atoms in total. The molecule has 19 heavy (non-hydrogen) atoms. The van der Waals surface area contributed by atoms with Crippen LogP contribution >= 0.6 is 15.9 Å². The van der Waals surface area contributed by atoms with E-state index >= 15 is 0 Å². The van der Waals surface area contributed by atoms with E-state index in [9.17, 15) is 4.39 Å². The molecule has 0 radical (unpaired) electrons. The minimum Gasteiger partial charge on any atom is -0.379 e. The highest BCUT2D eigenvalue weighted by Gasteiger charge is 2.07. The fourth-order valence-electron chi connectivity index (χ4n) is 1.93. The summed E-state index contributed by atoms with van der Waals surface area (Å²) in [5.74, 6) is -0.239. The van der Waals surface area contributed by atoms with Crippen LogP contribution in [-0.4, -0.2) is 9.78 Å². The van der Waals surface area contributed by atoms with Crippen molar-refractivity contribution >= 4 is 21.6 Å². The first-order chi connectivity index (χ1) is 9.01. The van der Waals surface area contributed by atoms with Gasteiger partial charge in [0, 0.05) is 12.7 Å². The third-order valence-electron chi connectivity index (χ3n) is 3.12. The summed E-state index contributed by atoms with van der Waals surface area (Å²) in [6.07, 6.45) is 0.926. The topological polar surface area (TPSA) is 29.9 Å². The summed E-state index contributed by atoms with van der Waals surface area (Å²) in [5.41, 5.74) is 4.00. The Morgan fingerprint density at radius 3 is 2.74 bits per heavy atom. The Balaban J connectivity index is 2.14. The highest BCUT2D eigenvalue weighted by atomic mass is 79.9. The molecule has 1 heterocycles. The molecule has 5 heteroatoms. The van der Waals surface area contributed by atoms with E-state index in [1.165, 1.54) is 6.07 Å². The van der Waals surface area contributed by atoms with Crippen LogP contribution in [0.4, 0.5) is 10.1 Å². The number of nitrogens with one attached hydrogen (secondary N) is 1. The highest BCUT2D eigenvalue weighted by molar-refractivity contribution is 9.10. The van der Waals surface area contributed by atoms with E-state index in [4.69, 9.17) is 0 Å². The van der Waals surface area contributed by atoms with Crippen molar-refractivity contribution in [1.29, 1.82) is 0 Å². The van der Waals surface area contributed by atoms with Crippen LogP contribution in [0.15, 0.2) is 22.7 Å². The normalized spacial score (nSPS) is 10.8. The van der Waals surface area contributed by atoms with Gasteiger partial charge in [-0.2, -0.15) is 5.10 Å². The fraction of sp³-hybridized carbons (Fsp3) is 0.357. The number of hydrogen-bond donors (Lipinski definition) is 1. The standard InChI is InChI=1S/C14H17BrFN3/c1-4-10-6-11(19(3)18-10)8-17-14-7-12(15)13(16)5-9(14)2/h5-7,17H,4,8H2,1-3H3. The van der Waals surface area contributed by atoms with E-state index in [0.29, 0.717) is 11.0 Å². The molecule has 2 rings (SSSR count). The molecule has 1 N–H and O–H groups in total. The lowest BCUT2D eigenvalue weighted by Crippen LogP contribution is -2.06. The minimum atomic E-state index is -0.239. The number of aryl methyl sites for hydroxylation is 3. The van der Waals surface area contributed by atoms with Gasteiger partial charge in [0.15, 0.2) is 0 Å². The van der Waals surface area contributed by atoms with Gasteiger partial charge >= 0.3 is 0 Å². The summed E-state index contributed by atoms with van der Waals surface area (Å²) in [7, 11) is 1.93. The van der Waals surface area contributed by atoms with Gasteiger partial charge in [0.25, 0.3) is 0 Å². The maximum atomic E-state index is 13.3. The van der Waals surface area contributed by atoms with E-state index in [1.807, 2.05) is 18.7 Å². The largest absolute Gasteiger partial charge is 0.379 e. The van der Waals surface area contributed by atoms with Gasteiger partial charge < -0.3 is 5.32 Å². The number of aromatic nitrogens is 2. The Hall–Kier alpha value is -1.36. The second-order valence-corrected chi connectivity index (χ2v) is 5.39. The molecule has 0 bridgehead atoms. The molecule has 102 valence electrons. The smallest absolute Gasteiger partial charge is 0.137 e. The summed E-state index contributed by atoms with van der Waals surface area (Å²) in [6.45, 7) is 4.64.